The van der Waals surface area contributed by atoms with Crippen molar-refractivity contribution in [2.24, 2.45) is 11.3 Å². The molecule has 16 nitrogen and oxygen atoms in total. The van der Waals surface area contributed by atoms with Crippen molar-refractivity contribution in [3.63, 3.8) is 0 Å². The van der Waals surface area contributed by atoms with Crippen LogP contribution in [0.5, 0.6) is 0 Å². The average Bonchev–Trinajstić information content (AvgIpc) is 3.87. The molecule has 65 heavy (non-hydrogen) atoms. The molecule has 8 rings (SSSR count). The zero-order chi connectivity index (χ0) is 46.4. The molecule has 3 fully saturated rings. The van der Waals surface area contributed by atoms with Crippen molar-refractivity contribution in [2.75, 3.05) is 67.1 Å². The number of hydrogen-bond donors (Lipinski definition) is 2. The van der Waals surface area contributed by atoms with E-state index in [1.807, 2.05) is 39.3 Å². The van der Waals surface area contributed by atoms with E-state index in [0.717, 1.165) is 57.8 Å². The van der Waals surface area contributed by atoms with Crippen LogP contribution in [0.3, 0.4) is 0 Å². The predicted molar refractivity (Wildman–Crippen MR) is 249 cm³/mol. The number of nitrogens with zero attached hydrogens (tertiary/aromatic N) is 7. The molecule has 7 heterocycles. The topological polar surface area (TPSA) is 164 Å². The molecule has 4 amide bonds. The number of benzene rings is 1. The van der Waals surface area contributed by atoms with Crippen molar-refractivity contribution in [2.45, 2.75) is 104 Å². The fraction of sp³-hybridized carbons (Fsp3) is 0.583. The molecule has 4 aromatic rings. The second-order valence-electron chi connectivity index (χ2n) is 19.5. The van der Waals surface area contributed by atoms with Gasteiger partial charge in [-0.15, -0.1) is 11.3 Å². The van der Waals surface area contributed by atoms with E-state index < -0.39 is 46.9 Å². The molecule has 3 saturated heterocycles. The lowest BCUT2D eigenvalue weighted by Gasteiger charge is -2.54. The Hall–Kier alpha value is -4.94. The van der Waals surface area contributed by atoms with Crippen molar-refractivity contribution < 1.29 is 33.4 Å². The number of pyridine rings is 1. The minimum absolute atomic E-state index is 0.101. The zero-order valence-corrected chi connectivity index (χ0v) is 40.1. The number of esters is 1. The summed E-state index contributed by atoms with van der Waals surface area (Å²) in [6.45, 7) is 16.4. The summed E-state index contributed by atoms with van der Waals surface area (Å²) in [6.07, 6.45) is 3.27. The van der Waals surface area contributed by atoms with E-state index in [9.17, 15) is 19.2 Å². The van der Waals surface area contributed by atoms with Gasteiger partial charge in [0.2, 0.25) is 5.91 Å². The number of carbonyl (C=O) groups is 4. The Morgan fingerprint density at radius 3 is 2.63 bits per heavy atom. The molecular weight excluding hydrogens is 847 g/mol. The number of morpholine rings is 1. The molecule has 4 atom stereocenters. The monoisotopic (exact) mass is 911 g/mol. The number of hydrogen-bond acceptors (Lipinski definition) is 12. The first kappa shape index (κ1) is 46.6. The second kappa shape index (κ2) is 18.7. The molecular formula is C48H65N9O7S. The van der Waals surface area contributed by atoms with E-state index >= 15 is 0 Å². The molecule has 4 aliphatic rings. The van der Waals surface area contributed by atoms with Gasteiger partial charge in [-0.1, -0.05) is 33.8 Å². The van der Waals surface area contributed by atoms with E-state index in [-0.39, 0.29) is 31.1 Å². The van der Waals surface area contributed by atoms with Crippen LogP contribution in [0.15, 0.2) is 41.9 Å². The molecule has 3 aromatic heterocycles. The summed E-state index contributed by atoms with van der Waals surface area (Å²) in [6, 6.07) is 7.50. The van der Waals surface area contributed by atoms with Gasteiger partial charge < -0.3 is 38.8 Å². The largest absolute Gasteiger partial charge is 0.464 e. The van der Waals surface area contributed by atoms with Gasteiger partial charge in [0.15, 0.2) is 0 Å². The highest BCUT2D eigenvalue weighted by molar-refractivity contribution is 7.10. The molecule has 6 bridgehead atoms. The van der Waals surface area contributed by atoms with Gasteiger partial charge in [0.25, 0.3) is 5.91 Å². The number of cyclic esters (lactones) is 1. The van der Waals surface area contributed by atoms with Crippen LogP contribution in [-0.4, -0.2) is 149 Å². The molecule has 0 saturated carbocycles. The highest BCUT2D eigenvalue weighted by atomic mass is 32.1. The number of aromatic nitrogens is 3. The van der Waals surface area contributed by atoms with E-state index in [4.69, 9.17) is 24.2 Å². The number of carbonyl (C=O) groups excluding carboxylic acids is 4. The van der Waals surface area contributed by atoms with Gasteiger partial charge in [0, 0.05) is 85.8 Å². The summed E-state index contributed by atoms with van der Waals surface area (Å²) >= 11 is 1.43. The zero-order valence-electron chi connectivity index (χ0n) is 39.3. The molecule has 4 aliphatic heterocycles. The maximum atomic E-state index is 14.6. The Labute approximate surface area is 385 Å². The Kier molecular flexibility index (Phi) is 13.4. The van der Waals surface area contributed by atoms with E-state index in [1.54, 1.807) is 25.3 Å². The van der Waals surface area contributed by atoms with Gasteiger partial charge in [-0.3, -0.25) is 24.4 Å². The molecule has 1 spiro atoms. The molecule has 350 valence electrons. The summed E-state index contributed by atoms with van der Waals surface area (Å²) in [4.78, 5) is 72.2. The summed E-state index contributed by atoms with van der Waals surface area (Å²) < 4.78 is 20.4. The van der Waals surface area contributed by atoms with E-state index in [2.05, 4.69) is 65.2 Å². The van der Waals surface area contributed by atoms with Crippen LogP contribution in [0.2, 0.25) is 0 Å². The van der Waals surface area contributed by atoms with Crippen LogP contribution < -0.4 is 10.7 Å². The van der Waals surface area contributed by atoms with Crippen molar-refractivity contribution in [1.82, 2.24) is 45.0 Å². The Balaban J connectivity index is 1.14. The maximum Gasteiger partial charge on any atom is 0.324 e. The Morgan fingerprint density at radius 1 is 1.12 bits per heavy atom. The number of fused-ring (bicyclic) bond motifs is 6. The lowest BCUT2D eigenvalue weighted by Crippen LogP contribution is -2.72. The van der Waals surface area contributed by atoms with Crippen molar-refractivity contribution in [1.29, 1.82) is 0 Å². The lowest BCUT2D eigenvalue weighted by molar-refractivity contribution is -0.169. The van der Waals surface area contributed by atoms with Gasteiger partial charge in [-0.2, -0.15) is 0 Å². The third-order valence-electron chi connectivity index (χ3n) is 13.4. The number of urea groups is 1. The summed E-state index contributed by atoms with van der Waals surface area (Å²) in [5.74, 6) is -1.56. The fourth-order valence-electron chi connectivity index (χ4n) is 10.1. The van der Waals surface area contributed by atoms with Crippen LogP contribution >= 0.6 is 11.3 Å². The van der Waals surface area contributed by atoms with Gasteiger partial charge in [-0.05, 0) is 75.9 Å². The minimum atomic E-state index is -1.05. The number of amides is 4. The molecule has 1 aromatic carbocycles. The van der Waals surface area contributed by atoms with Gasteiger partial charge >= 0.3 is 12.0 Å². The van der Waals surface area contributed by atoms with Crippen LogP contribution in [0.25, 0.3) is 33.4 Å². The van der Waals surface area contributed by atoms with Gasteiger partial charge in [-0.25, -0.2) is 15.2 Å². The van der Waals surface area contributed by atoms with Crippen LogP contribution in [-0.2, 0) is 48.0 Å². The molecule has 0 aliphatic carbocycles. The maximum absolute atomic E-state index is 14.6. The molecule has 17 heteroatoms. The molecule has 0 unspecified atom stereocenters. The van der Waals surface area contributed by atoms with Crippen LogP contribution in [0, 0.1) is 11.3 Å². The van der Waals surface area contributed by atoms with Gasteiger partial charge in [0.1, 0.15) is 23.7 Å². The van der Waals surface area contributed by atoms with Crippen LogP contribution in [0.1, 0.15) is 76.8 Å². The third-order valence-corrected chi connectivity index (χ3v) is 14.3. The lowest BCUT2D eigenvalue weighted by atomic mass is 9.84. The van der Waals surface area contributed by atoms with Crippen molar-refractivity contribution in [3.8, 4) is 22.5 Å². The number of rotatable bonds is 8. The summed E-state index contributed by atoms with van der Waals surface area (Å²) in [5, 5.41) is 8.20. The standard InChI is InChI=1S/C48H65N9O7S/c1-10-56-38-16-15-31-21-33(38)34(42(56)32-13-11-17-49-40(32)30(4)62-9)23-47(5,6)28-63-45(60)35-14-12-18-57(52-35)44(59)36(22-39-50-37(31)24-65-39)51-43(58)41(29(2)3)54(8)46(61)55-26-48(27-55)25-53(7)19-20-64-48/h11,13,15-17,21,24,29-30,35-36,41,52H,10,12,14,18-20,22-23,25-28H2,1-9H3,(H,51,58)/t30-,35-,36-,41-/m0/s1. The number of likely N-dealkylation sites (N-methyl/N-ethyl adjacent to an activating group) is 2. The Bertz CT molecular complexity index is 2430. The van der Waals surface area contributed by atoms with E-state index in [0.29, 0.717) is 57.1 Å². The molecule has 0 radical (unpaired) electrons. The molecule has 2 N–H and O–H groups in total. The van der Waals surface area contributed by atoms with Crippen LogP contribution in [0.4, 0.5) is 4.79 Å². The summed E-state index contributed by atoms with van der Waals surface area (Å²) in [5.41, 5.74) is 8.98. The number of aryl methyl sites for hydroxylation is 1. The first-order valence-electron chi connectivity index (χ1n) is 23.0. The SMILES string of the molecule is CCn1c(-c2cccnc2[C@H](C)OC)c2c3cc(ccc31)-c1csc(n1)C[C@H](NC(=O)[C@H](C(C)C)N(C)C(=O)N1CC3(CN(C)CCO3)C1)C(=O)N1CCC[C@H](N1)C(=O)OCC(C)(C)C2. The van der Waals surface area contributed by atoms with E-state index in [1.165, 1.54) is 21.2 Å². The van der Waals surface area contributed by atoms with Gasteiger partial charge in [0.05, 0.1) is 54.5 Å². The average molecular weight is 912 g/mol. The smallest absolute Gasteiger partial charge is 0.324 e. The number of hydrazine groups is 1. The number of ether oxygens (including phenoxy) is 3. The highest BCUT2D eigenvalue weighted by Gasteiger charge is 2.50. The number of thiazole rings is 1. The summed E-state index contributed by atoms with van der Waals surface area (Å²) in [7, 11) is 5.38. The minimum Gasteiger partial charge on any atom is -0.464 e. The fourth-order valence-corrected chi connectivity index (χ4v) is 10.9. The normalized spacial score (nSPS) is 22.3. The first-order chi connectivity index (χ1) is 31.0. The van der Waals surface area contributed by atoms with Crippen molar-refractivity contribution >= 4 is 46.1 Å². The number of nitrogens with one attached hydrogen (secondary N) is 2. The number of methoxy groups -OCH3 is 1. The first-order valence-corrected chi connectivity index (χ1v) is 23.9. The highest BCUT2D eigenvalue weighted by Crippen LogP contribution is 2.42. The predicted octanol–water partition coefficient (Wildman–Crippen LogP) is 5.30. The second-order valence-corrected chi connectivity index (χ2v) is 20.4. The quantitative estimate of drug-likeness (QED) is 0.221. The number of likely N-dealkylation sites (tertiary alicyclic amines) is 1. The Morgan fingerprint density at radius 2 is 1.91 bits per heavy atom. The third kappa shape index (κ3) is 9.40. The van der Waals surface area contributed by atoms with Crippen molar-refractivity contribution in [3.05, 3.63) is 58.2 Å².